The molecule has 9 nitrogen and oxygen atoms in total. The summed E-state index contributed by atoms with van der Waals surface area (Å²) >= 11 is 0. The molecule has 0 bridgehead atoms. The first kappa shape index (κ1) is 16.2. The first-order valence-corrected chi connectivity index (χ1v) is 7.75. The maximum Gasteiger partial charge on any atom is 0.332 e. The lowest BCUT2D eigenvalue weighted by atomic mass is 10.4. The summed E-state index contributed by atoms with van der Waals surface area (Å²) < 4.78 is 4.53. The van der Waals surface area contributed by atoms with Crippen LogP contribution in [0, 0.1) is 0 Å². The van der Waals surface area contributed by atoms with Gasteiger partial charge in [-0.3, -0.25) is 18.8 Å². The molecule has 0 aliphatic heterocycles. The first-order valence-electron chi connectivity index (χ1n) is 7.75. The molecule has 3 rings (SSSR count). The number of rotatable bonds is 5. The molecule has 9 heteroatoms. The standard InChI is InChI=1S/C15H21N7O2/c1-5-22-7-6-16-11(22)9-19(2)8-10-17-12-13(18-10)20(3)15(24)21(4)14(12)23/h6-7H,5,8-9H2,1-4H3,(H,17,18). The molecule has 0 unspecified atom stereocenters. The Morgan fingerprint density at radius 3 is 2.67 bits per heavy atom. The average Bonchev–Trinajstić information content (AvgIpc) is 3.17. The van der Waals surface area contributed by atoms with Gasteiger partial charge in [-0.05, 0) is 14.0 Å². The van der Waals surface area contributed by atoms with E-state index in [1.165, 1.54) is 11.6 Å². The zero-order valence-corrected chi connectivity index (χ0v) is 14.3. The molecular formula is C15H21N7O2. The van der Waals surface area contributed by atoms with Crippen molar-refractivity contribution in [2.75, 3.05) is 7.05 Å². The molecule has 0 atom stereocenters. The summed E-state index contributed by atoms with van der Waals surface area (Å²) in [6.07, 6.45) is 3.73. The van der Waals surface area contributed by atoms with Gasteiger partial charge in [0.25, 0.3) is 5.56 Å². The highest BCUT2D eigenvalue weighted by molar-refractivity contribution is 5.69. The first-order chi connectivity index (χ1) is 11.4. The molecule has 3 aromatic rings. The van der Waals surface area contributed by atoms with Gasteiger partial charge in [-0.15, -0.1) is 0 Å². The van der Waals surface area contributed by atoms with Gasteiger partial charge in [0, 0.05) is 33.0 Å². The van der Waals surface area contributed by atoms with Crippen molar-refractivity contribution in [2.24, 2.45) is 14.1 Å². The lowest BCUT2D eigenvalue weighted by molar-refractivity contribution is 0.299. The number of imidazole rings is 2. The monoisotopic (exact) mass is 331 g/mol. The van der Waals surface area contributed by atoms with E-state index in [0.29, 0.717) is 30.1 Å². The molecule has 24 heavy (non-hydrogen) atoms. The number of hydrogen-bond acceptors (Lipinski definition) is 5. The number of nitrogens with one attached hydrogen (secondary N) is 1. The van der Waals surface area contributed by atoms with Crippen LogP contribution in [0.4, 0.5) is 0 Å². The van der Waals surface area contributed by atoms with Crippen molar-refractivity contribution < 1.29 is 0 Å². The predicted octanol–water partition coefficient (Wildman–Crippen LogP) is -0.191. The van der Waals surface area contributed by atoms with Crippen LogP contribution in [-0.2, 0) is 33.7 Å². The van der Waals surface area contributed by atoms with Crippen LogP contribution in [-0.4, -0.2) is 40.6 Å². The second-order valence-corrected chi connectivity index (χ2v) is 5.89. The van der Waals surface area contributed by atoms with E-state index in [-0.39, 0.29) is 11.2 Å². The zero-order chi connectivity index (χ0) is 17.4. The Morgan fingerprint density at radius 1 is 1.21 bits per heavy atom. The van der Waals surface area contributed by atoms with Crippen molar-refractivity contribution in [3.63, 3.8) is 0 Å². The lowest BCUT2D eigenvalue weighted by Crippen LogP contribution is -2.36. The fraction of sp³-hybridized carbons (Fsp3) is 0.467. The van der Waals surface area contributed by atoms with Gasteiger partial charge in [0.05, 0.1) is 13.1 Å². The fourth-order valence-electron chi connectivity index (χ4n) is 2.78. The average molecular weight is 331 g/mol. The fourth-order valence-corrected chi connectivity index (χ4v) is 2.78. The van der Waals surface area contributed by atoms with E-state index >= 15 is 0 Å². The number of H-pyrrole nitrogens is 1. The highest BCUT2D eigenvalue weighted by Gasteiger charge is 2.15. The highest BCUT2D eigenvalue weighted by atomic mass is 16.2. The normalized spacial score (nSPS) is 11.7. The highest BCUT2D eigenvalue weighted by Crippen LogP contribution is 2.08. The molecule has 1 N–H and O–H groups in total. The minimum Gasteiger partial charge on any atom is -0.335 e. The van der Waals surface area contributed by atoms with Gasteiger partial charge in [0.1, 0.15) is 17.2 Å². The van der Waals surface area contributed by atoms with Crippen molar-refractivity contribution >= 4 is 11.2 Å². The van der Waals surface area contributed by atoms with Crippen LogP contribution in [0.2, 0.25) is 0 Å². The maximum atomic E-state index is 12.2. The molecule has 3 heterocycles. The van der Waals surface area contributed by atoms with Gasteiger partial charge in [-0.25, -0.2) is 14.8 Å². The number of hydrogen-bond donors (Lipinski definition) is 1. The molecule has 0 aromatic carbocycles. The van der Waals surface area contributed by atoms with Crippen molar-refractivity contribution in [1.29, 1.82) is 0 Å². The summed E-state index contributed by atoms with van der Waals surface area (Å²) in [6.45, 7) is 4.12. The maximum absolute atomic E-state index is 12.2. The van der Waals surface area contributed by atoms with Crippen LogP contribution in [0.3, 0.4) is 0 Å². The van der Waals surface area contributed by atoms with Gasteiger partial charge in [0.2, 0.25) is 0 Å². The molecule has 3 aromatic heterocycles. The number of nitrogens with zero attached hydrogens (tertiary/aromatic N) is 6. The van der Waals surface area contributed by atoms with E-state index in [1.807, 2.05) is 13.2 Å². The van der Waals surface area contributed by atoms with E-state index in [2.05, 4.69) is 31.3 Å². The third-order valence-corrected chi connectivity index (χ3v) is 4.12. The van der Waals surface area contributed by atoms with Gasteiger partial charge in [-0.2, -0.15) is 0 Å². The Morgan fingerprint density at radius 2 is 1.96 bits per heavy atom. The summed E-state index contributed by atoms with van der Waals surface area (Å²) in [4.78, 5) is 38.0. The molecule has 0 radical (unpaired) electrons. The Labute approximate surface area is 138 Å². The smallest absolute Gasteiger partial charge is 0.332 e. The second kappa shape index (κ2) is 6.08. The van der Waals surface area contributed by atoms with Crippen molar-refractivity contribution in [2.45, 2.75) is 26.6 Å². The van der Waals surface area contributed by atoms with Gasteiger partial charge in [0.15, 0.2) is 5.65 Å². The molecule has 0 spiro atoms. The molecule has 0 fully saturated rings. The number of aromatic amines is 1. The summed E-state index contributed by atoms with van der Waals surface area (Å²) in [7, 11) is 5.02. The van der Waals surface area contributed by atoms with Crippen LogP contribution in [0.15, 0.2) is 22.0 Å². The third kappa shape index (κ3) is 2.67. The van der Waals surface area contributed by atoms with Crippen molar-refractivity contribution in [3.8, 4) is 0 Å². The molecule has 0 aliphatic carbocycles. The predicted molar refractivity (Wildman–Crippen MR) is 89.6 cm³/mol. The molecule has 0 amide bonds. The van der Waals surface area contributed by atoms with Crippen molar-refractivity contribution in [1.82, 2.24) is 33.6 Å². The number of aromatic nitrogens is 6. The quantitative estimate of drug-likeness (QED) is 0.699. The van der Waals surface area contributed by atoms with Crippen LogP contribution >= 0.6 is 0 Å². The van der Waals surface area contributed by atoms with Gasteiger partial charge < -0.3 is 9.55 Å². The second-order valence-electron chi connectivity index (χ2n) is 5.89. The van der Waals surface area contributed by atoms with E-state index in [0.717, 1.165) is 16.9 Å². The van der Waals surface area contributed by atoms with Crippen LogP contribution in [0.1, 0.15) is 18.6 Å². The topological polar surface area (TPSA) is 93.7 Å². The molecule has 0 aliphatic rings. The molecule has 0 saturated carbocycles. The van der Waals surface area contributed by atoms with Gasteiger partial charge >= 0.3 is 5.69 Å². The van der Waals surface area contributed by atoms with E-state index < -0.39 is 0 Å². The number of fused-ring (bicyclic) bond motifs is 1. The van der Waals surface area contributed by atoms with Crippen molar-refractivity contribution in [3.05, 3.63) is 44.9 Å². The summed E-state index contributed by atoms with van der Waals surface area (Å²) in [5, 5.41) is 0. The third-order valence-electron chi connectivity index (χ3n) is 4.12. The Bertz CT molecular complexity index is 992. The summed E-state index contributed by atoms with van der Waals surface area (Å²) in [6, 6.07) is 0. The van der Waals surface area contributed by atoms with E-state index in [4.69, 9.17) is 0 Å². The molecule has 0 saturated heterocycles. The lowest BCUT2D eigenvalue weighted by Gasteiger charge is -2.15. The van der Waals surface area contributed by atoms with Crippen LogP contribution < -0.4 is 11.2 Å². The minimum atomic E-state index is -0.385. The summed E-state index contributed by atoms with van der Waals surface area (Å²) in [5.41, 5.74) is -0.0282. The van der Waals surface area contributed by atoms with Gasteiger partial charge in [-0.1, -0.05) is 0 Å². The largest absolute Gasteiger partial charge is 0.335 e. The molecule has 128 valence electrons. The van der Waals surface area contributed by atoms with E-state index in [9.17, 15) is 9.59 Å². The number of aryl methyl sites for hydroxylation is 2. The Hall–Kier alpha value is -2.68. The molecular weight excluding hydrogens is 310 g/mol. The van der Waals surface area contributed by atoms with E-state index in [1.54, 1.807) is 13.2 Å². The zero-order valence-electron chi connectivity index (χ0n) is 14.3. The van der Waals surface area contributed by atoms with Crippen LogP contribution in [0.5, 0.6) is 0 Å². The summed E-state index contributed by atoms with van der Waals surface area (Å²) in [5.74, 6) is 1.61. The van der Waals surface area contributed by atoms with Crippen LogP contribution in [0.25, 0.3) is 11.2 Å². The minimum absolute atomic E-state index is 0.345. The Balaban J connectivity index is 1.88. The SMILES string of the molecule is CCn1ccnc1CN(C)Cc1nc2c([nH]1)c(=O)n(C)c(=O)n2C. The Kier molecular flexibility index (Phi) is 4.10.